The molecule has 0 heterocycles. The smallest absolute Gasteiger partial charge is 0.335 e. The van der Waals surface area contributed by atoms with Crippen LogP contribution in [0.25, 0.3) is 0 Å². The molecule has 1 amide bonds. The number of carboxylic acid groups (broad SMARTS) is 1. The number of carbonyl (C=O) groups excluding carboxylic acids is 1. The zero-order valence-corrected chi connectivity index (χ0v) is 12.1. The molecule has 7 heteroatoms. The Morgan fingerprint density at radius 3 is 2.55 bits per heavy atom. The molecule has 1 aromatic rings. The summed E-state index contributed by atoms with van der Waals surface area (Å²) in [6, 6.07) is 5.58. The quantitative estimate of drug-likeness (QED) is 0.795. The molecule has 0 bridgehead atoms. The van der Waals surface area contributed by atoms with Crippen LogP contribution in [0, 0.1) is 0 Å². The fourth-order valence-corrected chi connectivity index (χ4v) is 2.81. The number of carboxylic acids is 1. The van der Waals surface area contributed by atoms with Crippen molar-refractivity contribution in [2.75, 3.05) is 12.0 Å². The summed E-state index contributed by atoms with van der Waals surface area (Å²) in [6.07, 6.45) is 1.11. The highest BCUT2D eigenvalue weighted by molar-refractivity contribution is 7.90. The number of amides is 1. The van der Waals surface area contributed by atoms with E-state index in [2.05, 4.69) is 5.32 Å². The van der Waals surface area contributed by atoms with Gasteiger partial charge in [0.15, 0.2) is 0 Å². The van der Waals surface area contributed by atoms with Gasteiger partial charge in [0.2, 0.25) is 5.91 Å². The molecule has 0 aromatic heterocycles. The van der Waals surface area contributed by atoms with E-state index in [1.54, 1.807) is 19.1 Å². The molecule has 1 unspecified atom stereocenters. The van der Waals surface area contributed by atoms with Crippen molar-refractivity contribution in [3.8, 4) is 0 Å². The molecule has 0 saturated heterocycles. The lowest BCUT2D eigenvalue weighted by Gasteiger charge is -2.12. The van der Waals surface area contributed by atoms with Crippen molar-refractivity contribution in [1.82, 2.24) is 5.32 Å². The fourth-order valence-electron chi connectivity index (χ4n) is 1.82. The number of benzene rings is 1. The van der Waals surface area contributed by atoms with Crippen LogP contribution < -0.4 is 5.32 Å². The number of sulfone groups is 1. The third-order valence-corrected chi connectivity index (χ3v) is 3.60. The Balaban J connectivity index is 2.63. The van der Waals surface area contributed by atoms with Crippen LogP contribution in [-0.2, 0) is 21.1 Å². The first-order valence-corrected chi connectivity index (χ1v) is 8.03. The van der Waals surface area contributed by atoms with Crippen LogP contribution in [0.1, 0.15) is 22.8 Å². The molecule has 1 atom stereocenters. The summed E-state index contributed by atoms with van der Waals surface area (Å²) in [4.78, 5) is 22.5. The maximum absolute atomic E-state index is 11.7. The molecule has 110 valence electrons. The van der Waals surface area contributed by atoms with Crippen LogP contribution in [0.15, 0.2) is 24.3 Å². The van der Waals surface area contributed by atoms with Crippen LogP contribution in [0.2, 0.25) is 0 Å². The van der Waals surface area contributed by atoms with Gasteiger partial charge < -0.3 is 10.4 Å². The van der Waals surface area contributed by atoms with E-state index in [9.17, 15) is 18.0 Å². The third kappa shape index (κ3) is 5.83. The van der Waals surface area contributed by atoms with E-state index in [0.717, 1.165) is 6.26 Å². The normalized spacial score (nSPS) is 12.7. The molecule has 6 nitrogen and oxygen atoms in total. The first-order valence-electron chi connectivity index (χ1n) is 5.96. The molecule has 0 fully saturated rings. The highest BCUT2D eigenvalue weighted by atomic mass is 32.2. The van der Waals surface area contributed by atoms with Crippen molar-refractivity contribution >= 4 is 21.7 Å². The second-order valence-corrected chi connectivity index (χ2v) is 6.93. The van der Waals surface area contributed by atoms with Crippen molar-refractivity contribution in [1.29, 1.82) is 0 Å². The van der Waals surface area contributed by atoms with E-state index in [0.29, 0.717) is 5.56 Å². The predicted molar refractivity (Wildman–Crippen MR) is 74.4 cm³/mol. The maximum Gasteiger partial charge on any atom is 0.335 e. The Labute approximate surface area is 117 Å². The van der Waals surface area contributed by atoms with Crippen LogP contribution in [0.3, 0.4) is 0 Å². The molecule has 1 aromatic carbocycles. The minimum Gasteiger partial charge on any atom is -0.478 e. The minimum atomic E-state index is -3.15. The highest BCUT2D eigenvalue weighted by Crippen LogP contribution is 2.06. The van der Waals surface area contributed by atoms with E-state index in [1.807, 2.05) is 0 Å². The molecule has 0 aliphatic heterocycles. The van der Waals surface area contributed by atoms with Crippen LogP contribution in [-0.4, -0.2) is 43.5 Å². The molecule has 0 spiro atoms. The molecule has 0 saturated carbocycles. The number of aromatic carboxylic acids is 1. The van der Waals surface area contributed by atoms with Gasteiger partial charge in [0.25, 0.3) is 0 Å². The molecule has 0 aliphatic carbocycles. The van der Waals surface area contributed by atoms with Gasteiger partial charge in [0.1, 0.15) is 9.84 Å². The summed E-state index contributed by atoms with van der Waals surface area (Å²) in [5.74, 6) is -1.53. The maximum atomic E-state index is 11.7. The van der Waals surface area contributed by atoms with E-state index in [-0.39, 0.29) is 23.6 Å². The molecular weight excluding hydrogens is 282 g/mol. The summed E-state index contributed by atoms with van der Waals surface area (Å²) in [6.45, 7) is 1.60. The predicted octanol–water partition coefficient (Wildman–Crippen LogP) is 0.477. The number of carbonyl (C=O) groups is 2. The van der Waals surface area contributed by atoms with Gasteiger partial charge in [-0.2, -0.15) is 0 Å². The van der Waals surface area contributed by atoms with E-state index < -0.39 is 21.8 Å². The molecular formula is C13H17NO5S. The number of rotatable bonds is 6. The topological polar surface area (TPSA) is 101 Å². The summed E-state index contributed by atoms with van der Waals surface area (Å²) in [5.41, 5.74) is 0.674. The Kier molecular flexibility index (Phi) is 5.26. The van der Waals surface area contributed by atoms with Gasteiger partial charge in [-0.05, 0) is 24.6 Å². The van der Waals surface area contributed by atoms with Crippen molar-refractivity contribution in [2.45, 2.75) is 19.4 Å². The molecule has 0 aliphatic rings. The van der Waals surface area contributed by atoms with Gasteiger partial charge in [0.05, 0.1) is 17.7 Å². The van der Waals surface area contributed by atoms with Gasteiger partial charge in [-0.3, -0.25) is 4.79 Å². The molecule has 20 heavy (non-hydrogen) atoms. The first-order chi connectivity index (χ1) is 9.17. The second kappa shape index (κ2) is 6.51. The van der Waals surface area contributed by atoms with Gasteiger partial charge in [0, 0.05) is 12.3 Å². The second-order valence-electron chi connectivity index (χ2n) is 4.74. The Bertz CT molecular complexity index is 609. The largest absolute Gasteiger partial charge is 0.478 e. The van der Waals surface area contributed by atoms with E-state index in [1.165, 1.54) is 12.1 Å². The number of nitrogens with one attached hydrogen (secondary N) is 1. The average molecular weight is 299 g/mol. The Hall–Kier alpha value is -1.89. The molecule has 2 N–H and O–H groups in total. The zero-order chi connectivity index (χ0) is 15.3. The molecule has 1 rings (SSSR count). The summed E-state index contributed by atoms with van der Waals surface area (Å²) in [5, 5.41) is 11.4. The van der Waals surface area contributed by atoms with Gasteiger partial charge in [-0.25, -0.2) is 13.2 Å². The average Bonchev–Trinajstić information content (AvgIpc) is 2.25. The number of hydrogen-bond acceptors (Lipinski definition) is 4. The molecule has 0 radical (unpaired) electrons. The Morgan fingerprint density at radius 2 is 2.00 bits per heavy atom. The lowest BCUT2D eigenvalue weighted by Crippen LogP contribution is -2.38. The summed E-state index contributed by atoms with van der Waals surface area (Å²) in [7, 11) is -3.15. The van der Waals surface area contributed by atoms with Crippen molar-refractivity contribution in [3.63, 3.8) is 0 Å². The van der Waals surface area contributed by atoms with Crippen LogP contribution in [0.4, 0.5) is 0 Å². The third-order valence-electron chi connectivity index (χ3n) is 2.50. The highest BCUT2D eigenvalue weighted by Gasteiger charge is 2.14. The standard InChI is InChI=1S/C13H17NO5S/c1-9(8-20(2,18)19)14-12(15)7-10-4-3-5-11(6-10)13(16)17/h3-6,9H,7-8H2,1-2H3,(H,14,15)(H,16,17). The lowest BCUT2D eigenvalue weighted by molar-refractivity contribution is -0.120. The van der Waals surface area contributed by atoms with Crippen LogP contribution in [0.5, 0.6) is 0 Å². The Morgan fingerprint density at radius 1 is 1.35 bits per heavy atom. The monoisotopic (exact) mass is 299 g/mol. The van der Waals surface area contributed by atoms with E-state index in [4.69, 9.17) is 5.11 Å². The lowest BCUT2D eigenvalue weighted by atomic mass is 10.1. The van der Waals surface area contributed by atoms with Gasteiger partial charge in [-0.1, -0.05) is 12.1 Å². The van der Waals surface area contributed by atoms with Crippen molar-refractivity contribution < 1.29 is 23.1 Å². The van der Waals surface area contributed by atoms with E-state index >= 15 is 0 Å². The minimum absolute atomic E-state index is 0.00915. The number of hydrogen-bond donors (Lipinski definition) is 2. The SMILES string of the molecule is CC(CS(C)(=O)=O)NC(=O)Cc1cccc(C(=O)O)c1. The van der Waals surface area contributed by atoms with Crippen molar-refractivity contribution in [2.24, 2.45) is 0 Å². The summed E-state index contributed by atoms with van der Waals surface area (Å²) >= 11 is 0. The summed E-state index contributed by atoms with van der Waals surface area (Å²) < 4.78 is 22.2. The van der Waals surface area contributed by atoms with Crippen LogP contribution >= 0.6 is 0 Å². The van der Waals surface area contributed by atoms with Gasteiger partial charge >= 0.3 is 5.97 Å². The van der Waals surface area contributed by atoms with Crippen molar-refractivity contribution in [3.05, 3.63) is 35.4 Å². The van der Waals surface area contributed by atoms with Gasteiger partial charge in [-0.15, -0.1) is 0 Å². The first kappa shape index (κ1) is 16.2. The fraction of sp³-hybridized carbons (Fsp3) is 0.385. The zero-order valence-electron chi connectivity index (χ0n) is 11.3.